The number of fused-ring (bicyclic) bond motifs is 5. The number of carbonyl (C=O) groups is 1. The van der Waals surface area contributed by atoms with Gasteiger partial charge in [-0.2, -0.15) is 0 Å². The molecule has 4 aliphatic carbocycles. The zero-order valence-electron chi connectivity index (χ0n) is 16.9. The molecule has 0 amide bonds. The fourth-order valence-corrected chi connectivity index (χ4v) is 8.80. The summed E-state index contributed by atoms with van der Waals surface area (Å²) in [7, 11) is 0. The third-order valence-corrected chi connectivity index (χ3v) is 10.1. The predicted molar refractivity (Wildman–Crippen MR) is 104 cm³/mol. The normalized spacial score (nSPS) is 50.4. The lowest BCUT2D eigenvalue weighted by Gasteiger charge is -2.61. The van der Waals surface area contributed by atoms with Crippen LogP contribution in [0.4, 0.5) is 0 Å². The molecule has 4 saturated carbocycles. The molecule has 4 fully saturated rings. The first-order chi connectivity index (χ1) is 12.0. The van der Waals surface area contributed by atoms with E-state index in [-0.39, 0.29) is 0 Å². The number of aldehydes is 1. The Kier molecular flexibility index (Phi) is 4.82. The van der Waals surface area contributed by atoms with Crippen LogP contribution in [-0.2, 0) is 4.79 Å². The van der Waals surface area contributed by atoms with E-state index >= 15 is 0 Å². The largest absolute Gasteiger partial charge is 0.303 e. The Bertz CT molecular complexity index is 498. The smallest absolute Gasteiger partial charge is 0.120 e. The molecule has 0 N–H and O–H groups in total. The second kappa shape index (κ2) is 6.68. The van der Waals surface area contributed by atoms with Gasteiger partial charge in [0.25, 0.3) is 0 Å². The number of hydrogen-bond donors (Lipinski definition) is 0. The lowest BCUT2D eigenvalue weighted by Crippen LogP contribution is -2.53. The second-order valence-corrected chi connectivity index (χ2v) is 10.9. The summed E-state index contributed by atoms with van der Waals surface area (Å²) in [6, 6.07) is 0. The minimum absolute atomic E-state index is 0.571. The molecule has 0 saturated heterocycles. The molecular weight excluding hydrogens is 304 g/mol. The summed E-state index contributed by atoms with van der Waals surface area (Å²) in [6.07, 6.45) is 18.0. The first kappa shape index (κ1) is 18.1. The summed E-state index contributed by atoms with van der Waals surface area (Å²) in [6.45, 7) is 7.78. The minimum Gasteiger partial charge on any atom is -0.303 e. The maximum absolute atomic E-state index is 10.8. The van der Waals surface area contributed by atoms with Crippen molar-refractivity contribution in [3.63, 3.8) is 0 Å². The van der Waals surface area contributed by atoms with Gasteiger partial charge in [-0.15, -0.1) is 0 Å². The maximum atomic E-state index is 10.8. The number of hydrogen-bond acceptors (Lipinski definition) is 1. The Morgan fingerprint density at radius 2 is 1.72 bits per heavy atom. The highest BCUT2D eigenvalue weighted by Gasteiger charge is 2.59. The monoisotopic (exact) mass is 344 g/mol. The van der Waals surface area contributed by atoms with E-state index in [2.05, 4.69) is 20.8 Å². The lowest BCUT2D eigenvalue weighted by atomic mass is 9.44. The van der Waals surface area contributed by atoms with Crippen molar-refractivity contribution in [3.8, 4) is 0 Å². The van der Waals surface area contributed by atoms with Crippen LogP contribution in [0.25, 0.3) is 0 Å². The van der Waals surface area contributed by atoms with Gasteiger partial charge in [0.1, 0.15) is 6.29 Å². The molecule has 0 aromatic heterocycles. The van der Waals surface area contributed by atoms with Crippen LogP contribution >= 0.6 is 0 Å². The Morgan fingerprint density at radius 3 is 2.52 bits per heavy atom. The molecule has 25 heavy (non-hydrogen) atoms. The Hall–Kier alpha value is -0.330. The summed E-state index contributed by atoms with van der Waals surface area (Å²) < 4.78 is 0. The maximum Gasteiger partial charge on any atom is 0.120 e. The minimum atomic E-state index is 0.571. The summed E-state index contributed by atoms with van der Waals surface area (Å²) in [5.41, 5.74) is 1.24. The first-order valence-corrected chi connectivity index (χ1v) is 11.4. The highest BCUT2D eigenvalue weighted by atomic mass is 16.1. The lowest BCUT2D eigenvalue weighted by molar-refractivity contribution is -0.115. The van der Waals surface area contributed by atoms with Gasteiger partial charge >= 0.3 is 0 Å². The van der Waals surface area contributed by atoms with Crippen molar-refractivity contribution in [3.05, 3.63) is 0 Å². The van der Waals surface area contributed by atoms with Gasteiger partial charge in [-0.05, 0) is 104 Å². The molecule has 1 nitrogen and oxygen atoms in total. The Balaban J connectivity index is 1.54. The second-order valence-electron chi connectivity index (χ2n) is 10.9. The van der Waals surface area contributed by atoms with Crippen molar-refractivity contribution in [1.82, 2.24) is 0 Å². The molecule has 0 spiro atoms. The van der Waals surface area contributed by atoms with E-state index in [1.807, 2.05) is 0 Å². The van der Waals surface area contributed by atoms with E-state index in [9.17, 15) is 4.79 Å². The van der Waals surface area contributed by atoms with Gasteiger partial charge in [-0.3, -0.25) is 0 Å². The van der Waals surface area contributed by atoms with Crippen molar-refractivity contribution in [2.24, 2.45) is 46.3 Å². The standard InChI is InChI=1S/C24H40O/c1-17(7-6-16-25)20-11-12-21-19-10-9-18-8-4-5-14-23(18,2)22(19)13-15-24(20,21)3/h16-22H,4-15H2,1-3H3/t17-,18-,19?,20?,21?,22?,23-,24+/m0/s1. The van der Waals surface area contributed by atoms with Crippen LogP contribution in [0.2, 0.25) is 0 Å². The molecule has 8 atom stereocenters. The fourth-order valence-electron chi connectivity index (χ4n) is 8.80. The van der Waals surface area contributed by atoms with E-state index < -0.39 is 0 Å². The molecule has 4 aliphatic rings. The van der Waals surface area contributed by atoms with Crippen LogP contribution in [0.15, 0.2) is 0 Å². The molecular formula is C24H40O. The zero-order chi connectivity index (χ0) is 17.7. The molecule has 142 valence electrons. The molecule has 4 rings (SSSR count). The van der Waals surface area contributed by atoms with Crippen LogP contribution < -0.4 is 0 Å². The molecule has 0 radical (unpaired) electrons. The SMILES string of the molecule is C[C@@H](CCC=O)C1CCC2C3CC[C@@H]4CCCC[C@]4(C)C3CC[C@@]21C. The van der Waals surface area contributed by atoms with Gasteiger partial charge in [-0.1, -0.05) is 33.6 Å². The summed E-state index contributed by atoms with van der Waals surface area (Å²) in [5, 5.41) is 0. The topological polar surface area (TPSA) is 17.1 Å². The van der Waals surface area contributed by atoms with Crippen molar-refractivity contribution in [2.45, 2.75) is 97.8 Å². The van der Waals surface area contributed by atoms with Crippen LogP contribution in [0.5, 0.6) is 0 Å². The van der Waals surface area contributed by atoms with Crippen LogP contribution in [0, 0.1) is 46.3 Å². The summed E-state index contributed by atoms with van der Waals surface area (Å²) in [5.74, 6) is 5.66. The third-order valence-electron chi connectivity index (χ3n) is 10.1. The average molecular weight is 345 g/mol. The highest BCUT2D eigenvalue weighted by molar-refractivity contribution is 5.49. The quantitative estimate of drug-likeness (QED) is 0.522. The summed E-state index contributed by atoms with van der Waals surface area (Å²) in [4.78, 5) is 10.8. The predicted octanol–water partition coefficient (Wildman–Crippen LogP) is 6.65. The van der Waals surface area contributed by atoms with Gasteiger partial charge in [0, 0.05) is 6.42 Å². The first-order valence-electron chi connectivity index (χ1n) is 11.4. The van der Waals surface area contributed by atoms with E-state index in [4.69, 9.17) is 0 Å². The van der Waals surface area contributed by atoms with Crippen LogP contribution in [0.1, 0.15) is 97.8 Å². The number of carbonyl (C=O) groups excluding carboxylic acids is 1. The molecule has 0 aromatic carbocycles. The number of rotatable bonds is 4. The van der Waals surface area contributed by atoms with E-state index in [1.165, 1.54) is 64.2 Å². The van der Waals surface area contributed by atoms with Gasteiger partial charge in [0.15, 0.2) is 0 Å². The molecule has 0 heterocycles. The van der Waals surface area contributed by atoms with E-state index in [0.717, 1.165) is 54.6 Å². The summed E-state index contributed by atoms with van der Waals surface area (Å²) >= 11 is 0. The molecule has 1 heteroatoms. The molecule has 0 bridgehead atoms. The molecule has 0 aromatic rings. The average Bonchev–Trinajstić information content (AvgIpc) is 2.96. The Morgan fingerprint density at radius 1 is 0.920 bits per heavy atom. The van der Waals surface area contributed by atoms with Crippen molar-refractivity contribution < 1.29 is 4.79 Å². The van der Waals surface area contributed by atoms with Gasteiger partial charge in [0.05, 0.1) is 0 Å². The van der Waals surface area contributed by atoms with Crippen molar-refractivity contribution in [1.29, 1.82) is 0 Å². The zero-order valence-corrected chi connectivity index (χ0v) is 16.9. The van der Waals surface area contributed by atoms with Crippen LogP contribution in [-0.4, -0.2) is 6.29 Å². The molecule has 0 aliphatic heterocycles. The third kappa shape index (κ3) is 2.74. The van der Waals surface area contributed by atoms with Gasteiger partial charge in [0.2, 0.25) is 0 Å². The van der Waals surface area contributed by atoms with Crippen LogP contribution in [0.3, 0.4) is 0 Å². The van der Waals surface area contributed by atoms with E-state index in [0.29, 0.717) is 10.8 Å². The van der Waals surface area contributed by atoms with Crippen molar-refractivity contribution in [2.75, 3.05) is 0 Å². The molecule has 4 unspecified atom stereocenters. The van der Waals surface area contributed by atoms with E-state index in [1.54, 1.807) is 0 Å². The van der Waals surface area contributed by atoms with Crippen molar-refractivity contribution >= 4 is 6.29 Å². The fraction of sp³-hybridized carbons (Fsp3) is 0.958. The van der Waals surface area contributed by atoms with Gasteiger partial charge < -0.3 is 4.79 Å². The van der Waals surface area contributed by atoms with Gasteiger partial charge in [-0.25, -0.2) is 0 Å². The highest BCUT2D eigenvalue weighted by Crippen LogP contribution is 2.68. The Labute approximate surface area is 155 Å².